The van der Waals surface area contributed by atoms with Gasteiger partial charge in [0.05, 0.1) is 15.2 Å². The van der Waals surface area contributed by atoms with Gasteiger partial charge in [0.15, 0.2) is 0 Å². The van der Waals surface area contributed by atoms with E-state index in [0.717, 1.165) is 11.1 Å². The number of benzene rings is 1. The summed E-state index contributed by atoms with van der Waals surface area (Å²) >= 11 is 1.80. The molecular formula is C13H13NOS. The third-order valence-corrected chi connectivity index (χ3v) is 4.05. The van der Waals surface area contributed by atoms with E-state index in [1.165, 1.54) is 22.5 Å². The minimum Gasteiger partial charge on any atom is -0.300 e. The van der Waals surface area contributed by atoms with E-state index in [2.05, 4.69) is 17.1 Å². The van der Waals surface area contributed by atoms with Gasteiger partial charge in [-0.15, -0.1) is 11.3 Å². The molecule has 0 spiro atoms. The monoisotopic (exact) mass is 231 g/mol. The zero-order valence-corrected chi connectivity index (χ0v) is 10.0. The highest BCUT2D eigenvalue weighted by molar-refractivity contribution is 7.18. The van der Waals surface area contributed by atoms with Crippen molar-refractivity contribution >= 4 is 27.3 Å². The summed E-state index contributed by atoms with van der Waals surface area (Å²) in [7, 11) is 0. The SMILES string of the molecule is CC(=O)Cc1ccc2sc(C3CC3)nc2c1. The van der Waals surface area contributed by atoms with Crippen LogP contribution in [0.5, 0.6) is 0 Å². The van der Waals surface area contributed by atoms with Gasteiger partial charge in [-0.3, -0.25) is 4.79 Å². The molecule has 1 aliphatic carbocycles. The van der Waals surface area contributed by atoms with E-state index >= 15 is 0 Å². The van der Waals surface area contributed by atoms with Gasteiger partial charge >= 0.3 is 0 Å². The lowest BCUT2D eigenvalue weighted by molar-refractivity contribution is -0.116. The number of hydrogen-bond donors (Lipinski definition) is 0. The van der Waals surface area contributed by atoms with Crippen LogP contribution in [0.4, 0.5) is 0 Å². The molecule has 0 amide bonds. The molecule has 1 aliphatic rings. The number of carbonyl (C=O) groups is 1. The molecule has 3 rings (SSSR count). The third-order valence-electron chi connectivity index (χ3n) is 2.85. The van der Waals surface area contributed by atoms with E-state index in [9.17, 15) is 4.79 Å². The Balaban J connectivity index is 1.99. The van der Waals surface area contributed by atoms with Crippen molar-refractivity contribution in [3.63, 3.8) is 0 Å². The largest absolute Gasteiger partial charge is 0.300 e. The maximum Gasteiger partial charge on any atom is 0.134 e. The van der Waals surface area contributed by atoms with E-state index in [1.54, 1.807) is 18.3 Å². The number of nitrogens with zero attached hydrogens (tertiary/aromatic N) is 1. The minimum atomic E-state index is 0.206. The number of rotatable bonds is 3. The predicted molar refractivity (Wildman–Crippen MR) is 66.0 cm³/mol. The Morgan fingerprint density at radius 1 is 1.50 bits per heavy atom. The number of fused-ring (bicyclic) bond motifs is 1. The Morgan fingerprint density at radius 2 is 2.31 bits per heavy atom. The van der Waals surface area contributed by atoms with Crippen LogP contribution >= 0.6 is 11.3 Å². The number of aromatic nitrogens is 1. The van der Waals surface area contributed by atoms with Crippen LogP contribution in [-0.4, -0.2) is 10.8 Å². The number of Topliss-reactive ketones (excluding diaryl/α,β-unsaturated/α-hetero) is 1. The number of hydrogen-bond acceptors (Lipinski definition) is 3. The first-order chi connectivity index (χ1) is 7.72. The molecule has 0 aliphatic heterocycles. The van der Waals surface area contributed by atoms with Gasteiger partial charge < -0.3 is 0 Å². The Bertz CT molecular complexity index is 554. The zero-order chi connectivity index (χ0) is 11.1. The molecule has 1 aromatic heterocycles. The molecule has 1 saturated carbocycles. The topological polar surface area (TPSA) is 30.0 Å². The lowest BCUT2D eigenvalue weighted by Crippen LogP contribution is -1.95. The van der Waals surface area contributed by atoms with Crippen molar-refractivity contribution in [1.29, 1.82) is 0 Å². The van der Waals surface area contributed by atoms with Gasteiger partial charge in [-0.05, 0) is 37.5 Å². The fourth-order valence-corrected chi connectivity index (χ4v) is 3.01. The van der Waals surface area contributed by atoms with Crippen molar-refractivity contribution in [3.8, 4) is 0 Å². The quantitative estimate of drug-likeness (QED) is 0.811. The Morgan fingerprint density at radius 3 is 3.00 bits per heavy atom. The van der Waals surface area contributed by atoms with Crippen LogP contribution in [0.2, 0.25) is 0 Å². The van der Waals surface area contributed by atoms with E-state index < -0.39 is 0 Å². The summed E-state index contributed by atoms with van der Waals surface area (Å²) < 4.78 is 1.24. The molecule has 2 nitrogen and oxygen atoms in total. The fourth-order valence-electron chi connectivity index (χ4n) is 1.89. The van der Waals surface area contributed by atoms with E-state index in [-0.39, 0.29) is 5.78 Å². The molecule has 1 fully saturated rings. The highest BCUT2D eigenvalue weighted by Gasteiger charge is 2.26. The zero-order valence-electron chi connectivity index (χ0n) is 9.19. The summed E-state index contributed by atoms with van der Waals surface area (Å²) in [6.07, 6.45) is 3.10. The lowest BCUT2D eigenvalue weighted by atomic mass is 10.1. The summed E-state index contributed by atoms with van der Waals surface area (Å²) in [6, 6.07) is 6.19. The number of thiazole rings is 1. The van der Waals surface area contributed by atoms with Gasteiger partial charge in [0, 0.05) is 12.3 Å². The second kappa shape index (κ2) is 3.67. The molecule has 16 heavy (non-hydrogen) atoms. The maximum atomic E-state index is 11.1. The van der Waals surface area contributed by atoms with E-state index in [0.29, 0.717) is 12.3 Å². The van der Waals surface area contributed by atoms with Gasteiger partial charge in [-0.1, -0.05) is 6.07 Å². The molecular weight excluding hydrogens is 218 g/mol. The summed E-state index contributed by atoms with van der Waals surface area (Å²) in [5.41, 5.74) is 2.14. The van der Waals surface area contributed by atoms with Crippen LogP contribution in [0.1, 0.15) is 36.3 Å². The Kier molecular flexibility index (Phi) is 2.28. The van der Waals surface area contributed by atoms with Crippen LogP contribution in [0.15, 0.2) is 18.2 Å². The Hall–Kier alpha value is -1.22. The highest BCUT2D eigenvalue weighted by atomic mass is 32.1. The van der Waals surface area contributed by atoms with Crippen molar-refractivity contribution in [3.05, 3.63) is 28.8 Å². The van der Waals surface area contributed by atoms with Crippen molar-refractivity contribution in [1.82, 2.24) is 4.98 Å². The van der Waals surface area contributed by atoms with Crippen LogP contribution < -0.4 is 0 Å². The molecule has 0 saturated heterocycles. The standard InChI is InChI=1S/C13H13NOS/c1-8(15)6-9-2-5-12-11(7-9)14-13(16-12)10-3-4-10/h2,5,7,10H,3-4,6H2,1H3. The number of ketones is 1. The van der Waals surface area contributed by atoms with E-state index in [1.807, 2.05) is 6.07 Å². The van der Waals surface area contributed by atoms with Gasteiger partial charge in [-0.2, -0.15) is 0 Å². The Labute approximate surface area is 98.3 Å². The lowest BCUT2D eigenvalue weighted by Gasteiger charge is -1.96. The van der Waals surface area contributed by atoms with Gasteiger partial charge in [0.2, 0.25) is 0 Å². The average Bonchev–Trinajstić information content (AvgIpc) is 2.98. The molecule has 0 N–H and O–H groups in total. The number of carbonyl (C=O) groups excluding carboxylic acids is 1. The van der Waals surface area contributed by atoms with Crippen LogP contribution in [-0.2, 0) is 11.2 Å². The molecule has 1 heterocycles. The molecule has 0 radical (unpaired) electrons. The van der Waals surface area contributed by atoms with Crippen molar-refractivity contribution in [2.75, 3.05) is 0 Å². The first-order valence-electron chi connectivity index (χ1n) is 5.61. The third kappa shape index (κ3) is 1.87. The van der Waals surface area contributed by atoms with E-state index in [4.69, 9.17) is 0 Å². The summed E-state index contributed by atoms with van der Waals surface area (Å²) in [4.78, 5) is 15.7. The molecule has 82 valence electrons. The highest BCUT2D eigenvalue weighted by Crippen LogP contribution is 2.43. The van der Waals surface area contributed by atoms with Crippen molar-refractivity contribution in [2.45, 2.75) is 32.1 Å². The molecule has 2 aromatic rings. The fraction of sp³-hybridized carbons (Fsp3) is 0.385. The van der Waals surface area contributed by atoms with Crippen molar-refractivity contribution in [2.24, 2.45) is 0 Å². The minimum absolute atomic E-state index is 0.206. The van der Waals surface area contributed by atoms with Crippen molar-refractivity contribution < 1.29 is 4.79 Å². The van der Waals surface area contributed by atoms with Gasteiger partial charge in [0.25, 0.3) is 0 Å². The summed E-state index contributed by atoms with van der Waals surface area (Å²) in [5.74, 6) is 0.922. The molecule has 3 heteroatoms. The summed E-state index contributed by atoms with van der Waals surface area (Å²) in [5, 5.41) is 1.27. The maximum absolute atomic E-state index is 11.1. The van der Waals surface area contributed by atoms with Gasteiger partial charge in [-0.25, -0.2) is 4.98 Å². The molecule has 0 bridgehead atoms. The summed E-state index contributed by atoms with van der Waals surface area (Å²) in [6.45, 7) is 1.63. The molecule has 1 aromatic carbocycles. The second-order valence-corrected chi connectivity index (χ2v) is 5.57. The first-order valence-corrected chi connectivity index (χ1v) is 6.43. The normalized spacial score (nSPS) is 15.6. The van der Waals surface area contributed by atoms with Crippen LogP contribution in [0.3, 0.4) is 0 Å². The van der Waals surface area contributed by atoms with Gasteiger partial charge in [0.1, 0.15) is 5.78 Å². The smallest absolute Gasteiger partial charge is 0.134 e. The molecule has 0 unspecified atom stereocenters. The second-order valence-electron chi connectivity index (χ2n) is 4.51. The first kappa shape index (κ1) is 9.97. The predicted octanol–water partition coefficient (Wildman–Crippen LogP) is 3.31. The van der Waals surface area contributed by atoms with Crippen LogP contribution in [0, 0.1) is 0 Å². The van der Waals surface area contributed by atoms with Crippen LogP contribution in [0.25, 0.3) is 10.2 Å². The molecule has 0 atom stereocenters. The average molecular weight is 231 g/mol.